The Kier molecular flexibility index (Phi) is 5.30. The number of alkyl halides is 1. The van der Waals surface area contributed by atoms with Gasteiger partial charge in [-0.05, 0) is 62.5 Å². The summed E-state index contributed by atoms with van der Waals surface area (Å²) in [7, 11) is 0. The van der Waals surface area contributed by atoms with Crippen LogP contribution in [0, 0.1) is 0 Å². The van der Waals surface area contributed by atoms with Crippen LogP contribution in [0.1, 0.15) is 22.2 Å². The minimum absolute atomic E-state index is 0.209. The van der Waals surface area contributed by atoms with Gasteiger partial charge in [0.2, 0.25) is 0 Å². The van der Waals surface area contributed by atoms with E-state index in [1.165, 1.54) is 10.4 Å². The molecule has 1 heterocycles. The van der Waals surface area contributed by atoms with Gasteiger partial charge in [-0.3, -0.25) is 0 Å². The molecule has 0 bridgehead atoms. The van der Waals surface area contributed by atoms with Crippen molar-refractivity contribution < 1.29 is 4.74 Å². The molecule has 2 rings (SSSR count). The number of hydrogen-bond donors (Lipinski definition) is 0. The zero-order valence-corrected chi connectivity index (χ0v) is 15.2. The molecular weight excluding hydrogens is 444 g/mol. The third kappa shape index (κ3) is 3.38. The minimum Gasteiger partial charge on any atom is -0.494 e. The lowest BCUT2D eigenvalue weighted by Gasteiger charge is -2.09. The van der Waals surface area contributed by atoms with Crippen LogP contribution in [0.15, 0.2) is 38.6 Å². The van der Waals surface area contributed by atoms with Gasteiger partial charge in [0.25, 0.3) is 0 Å². The summed E-state index contributed by atoms with van der Waals surface area (Å²) in [5.74, 6) is 0.912. The molecule has 0 aliphatic heterocycles. The number of ether oxygens (including phenoxy) is 1. The summed E-state index contributed by atoms with van der Waals surface area (Å²) in [6.45, 7) is 2.68. The van der Waals surface area contributed by atoms with Crippen LogP contribution in [0.2, 0.25) is 0 Å². The summed E-state index contributed by atoms with van der Waals surface area (Å²) < 4.78 is 7.66. The SMILES string of the molecule is CCOc1ccc(C(Br)c2cc(Br)c(Br)s2)cc1. The Morgan fingerprint density at radius 1 is 1.22 bits per heavy atom. The fourth-order valence-electron chi connectivity index (χ4n) is 1.55. The van der Waals surface area contributed by atoms with Gasteiger partial charge in [0.05, 0.1) is 15.2 Å². The molecule has 0 aliphatic carbocycles. The lowest BCUT2D eigenvalue weighted by molar-refractivity contribution is 0.340. The zero-order valence-electron chi connectivity index (χ0n) is 9.62. The lowest BCUT2D eigenvalue weighted by Crippen LogP contribution is -1.93. The van der Waals surface area contributed by atoms with Crippen molar-refractivity contribution in [1.82, 2.24) is 0 Å². The molecule has 1 aromatic heterocycles. The summed E-state index contributed by atoms with van der Waals surface area (Å²) in [5.41, 5.74) is 1.22. The molecule has 1 nitrogen and oxygen atoms in total. The molecular formula is C13H11Br3OS. The molecule has 5 heteroatoms. The van der Waals surface area contributed by atoms with E-state index in [9.17, 15) is 0 Å². The normalized spacial score (nSPS) is 12.4. The highest BCUT2D eigenvalue weighted by atomic mass is 79.9. The molecule has 18 heavy (non-hydrogen) atoms. The molecule has 1 aromatic carbocycles. The average Bonchev–Trinajstić information content (AvgIpc) is 2.70. The van der Waals surface area contributed by atoms with E-state index < -0.39 is 0 Å². The summed E-state index contributed by atoms with van der Waals surface area (Å²) in [5, 5.41) is 0. The smallest absolute Gasteiger partial charge is 0.119 e. The monoisotopic (exact) mass is 452 g/mol. The highest BCUT2D eigenvalue weighted by molar-refractivity contribution is 9.13. The van der Waals surface area contributed by atoms with Crippen molar-refractivity contribution in [2.75, 3.05) is 6.61 Å². The molecule has 96 valence electrons. The predicted molar refractivity (Wildman–Crippen MR) is 88.1 cm³/mol. The Balaban J connectivity index is 2.20. The van der Waals surface area contributed by atoms with Crippen molar-refractivity contribution in [2.45, 2.75) is 11.8 Å². The van der Waals surface area contributed by atoms with Crippen LogP contribution in [0.25, 0.3) is 0 Å². The van der Waals surface area contributed by atoms with E-state index in [-0.39, 0.29) is 4.83 Å². The Morgan fingerprint density at radius 2 is 1.89 bits per heavy atom. The van der Waals surface area contributed by atoms with Gasteiger partial charge in [-0.2, -0.15) is 0 Å². The van der Waals surface area contributed by atoms with Crippen molar-refractivity contribution in [3.05, 3.63) is 49.0 Å². The highest BCUT2D eigenvalue weighted by Gasteiger charge is 2.14. The number of thiophene rings is 1. The van der Waals surface area contributed by atoms with E-state index in [0.29, 0.717) is 6.61 Å². The fraction of sp³-hybridized carbons (Fsp3) is 0.231. The van der Waals surface area contributed by atoms with Crippen LogP contribution < -0.4 is 4.74 Å². The van der Waals surface area contributed by atoms with Gasteiger partial charge in [-0.15, -0.1) is 11.3 Å². The van der Waals surface area contributed by atoms with E-state index in [4.69, 9.17) is 4.74 Å². The zero-order chi connectivity index (χ0) is 13.1. The summed E-state index contributed by atoms with van der Waals surface area (Å²) in [4.78, 5) is 1.47. The molecule has 0 saturated carbocycles. The van der Waals surface area contributed by atoms with Gasteiger partial charge in [0, 0.05) is 9.35 Å². The standard InChI is InChI=1S/C13H11Br3OS/c1-2-17-9-5-3-8(4-6-9)12(15)11-7-10(14)13(16)18-11/h3-7,12H,2H2,1H3. The van der Waals surface area contributed by atoms with E-state index in [1.807, 2.05) is 19.1 Å². The number of halogens is 3. The largest absolute Gasteiger partial charge is 0.494 e. The molecule has 1 unspecified atom stereocenters. The Labute approximate surface area is 136 Å². The van der Waals surface area contributed by atoms with Crippen molar-refractivity contribution in [1.29, 1.82) is 0 Å². The Morgan fingerprint density at radius 3 is 2.39 bits per heavy atom. The Bertz CT molecular complexity index is 502. The van der Waals surface area contributed by atoms with Gasteiger partial charge in [0.1, 0.15) is 5.75 Å². The molecule has 0 radical (unpaired) electrons. The van der Waals surface area contributed by atoms with Crippen LogP contribution in [0.3, 0.4) is 0 Å². The molecule has 2 aromatic rings. The lowest BCUT2D eigenvalue weighted by atomic mass is 10.1. The van der Waals surface area contributed by atoms with Crippen LogP contribution in [-0.2, 0) is 0 Å². The third-order valence-corrected chi connectivity index (χ3v) is 7.04. The van der Waals surface area contributed by atoms with Gasteiger partial charge < -0.3 is 4.74 Å². The van der Waals surface area contributed by atoms with Gasteiger partial charge in [-0.1, -0.05) is 28.1 Å². The molecule has 0 aliphatic rings. The van der Waals surface area contributed by atoms with Gasteiger partial charge in [-0.25, -0.2) is 0 Å². The van der Waals surface area contributed by atoms with Crippen LogP contribution in [0.5, 0.6) is 5.75 Å². The van der Waals surface area contributed by atoms with Crippen LogP contribution >= 0.6 is 59.1 Å². The molecule has 0 spiro atoms. The molecule has 0 fully saturated rings. The summed E-state index contributed by atoms with van der Waals surface area (Å²) >= 11 is 12.5. The van der Waals surface area contributed by atoms with Crippen molar-refractivity contribution in [3.63, 3.8) is 0 Å². The maximum absolute atomic E-state index is 5.44. The maximum Gasteiger partial charge on any atom is 0.119 e. The summed E-state index contributed by atoms with van der Waals surface area (Å²) in [6, 6.07) is 10.3. The average molecular weight is 455 g/mol. The van der Waals surface area contributed by atoms with Gasteiger partial charge >= 0.3 is 0 Å². The third-order valence-electron chi connectivity index (χ3n) is 2.40. The highest BCUT2D eigenvalue weighted by Crippen LogP contribution is 2.41. The van der Waals surface area contributed by atoms with E-state index in [1.54, 1.807) is 11.3 Å². The van der Waals surface area contributed by atoms with Crippen LogP contribution in [0.4, 0.5) is 0 Å². The van der Waals surface area contributed by atoms with Crippen molar-refractivity contribution in [2.24, 2.45) is 0 Å². The number of hydrogen-bond acceptors (Lipinski definition) is 2. The van der Waals surface area contributed by atoms with E-state index in [2.05, 4.69) is 66.0 Å². The maximum atomic E-state index is 5.44. The molecule has 1 atom stereocenters. The fourth-order valence-corrected chi connectivity index (χ4v) is 4.37. The molecule has 0 N–H and O–H groups in total. The first kappa shape index (κ1) is 14.6. The van der Waals surface area contributed by atoms with Crippen molar-refractivity contribution >= 4 is 59.1 Å². The minimum atomic E-state index is 0.209. The number of rotatable bonds is 4. The summed E-state index contributed by atoms with van der Waals surface area (Å²) in [6.07, 6.45) is 0. The predicted octanol–water partition coefficient (Wildman–Crippen LogP) is 6.16. The second kappa shape index (κ2) is 6.55. The number of benzene rings is 1. The quantitative estimate of drug-likeness (QED) is 0.503. The van der Waals surface area contributed by atoms with Crippen molar-refractivity contribution in [3.8, 4) is 5.75 Å². The second-order valence-electron chi connectivity index (χ2n) is 3.64. The van der Waals surface area contributed by atoms with E-state index >= 15 is 0 Å². The second-order valence-corrected chi connectivity index (χ2v) is 7.81. The molecule has 0 amide bonds. The molecule has 0 saturated heterocycles. The van der Waals surface area contributed by atoms with Gasteiger partial charge in [0.15, 0.2) is 0 Å². The Hall–Kier alpha value is 0.160. The van der Waals surface area contributed by atoms with Crippen LogP contribution in [-0.4, -0.2) is 6.61 Å². The first-order valence-electron chi connectivity index (χ1n) is 5.43. The first-order chi connectivity index (χ1) is 8.61. The van der Waals surface area contributed by atoms with E-state index in [0.717, 1.165) is 14.0 Å². The topological polar surface area (TPSA) is 9.23 Å². The first-order valence-corrected chi connectivity index (χ1v) is 8.75.